The van der Waals surface area contributed by atoms with E-state index < -0.39 is 75.5 Å². The Morgan fingerprint density at radius 2 is 0.500 bits per heavy atom. The van der Waals surface area contributed by atoms with Crippen molar-refractivity contribution in [3.8, 4) is 0 Å². The molecule has 0 heterocycles. The van der Waals surface area contributed by atoms with E-state index in [1.165, 1.54) is 0 Å². The van der Waals surface area contributed by atoms with Crippen LogP contribution in [0.4, 0.5) is 0 Å². The average molecular weight is 554 g/mol. The predicted octanol–water partition coefficient (Wildman–Crippen LogP) is -2.48. The first-order chi connectivity index (χ1) is 12.4. The van der Waals surface area contributed by atoms with Crippen LogP contribution in [0.1, 0.15) is 0 Å². The standard InChI is InChI=1S/3C4H6O5.Eu/c3*5-3(6)1-9-2-4(7)8;/h3*1-2H2,(H,5,6)(H,7,8);. The Labute approximate surface area is 197 Å². The third-order valence-electron chi connectivity index (χ3n) is 1.35. The van der Waals surface area contributed by atoms with Crippen LogP contribution in [0.3, 0.4) is 0 Å². The van der Waals surface area contributed by atoms with Gasteiger partial charge in [-0.2, -0.15) is 0 Å². The summed E-state index contributed by atoms with van der Waals surface area (Å²) < 4.78 is 12.5. The fourth-order valence-corrected chi connectivity index (χ4v) is 0.677. The van der Waals surface area contributed by atoms with E-state index >= 15 is 0 Å². The first kappa shape index (κ1) is 33.8. The molecule has 1 radical (unpaired) electrons. The average Bonchev–Trinajstić information content (AvgIpc) is 2.46. The van der Waals surface area contributed by atoms with Gasteiger partial charge in [0.2, 0.25) is 0 Å². The molecule has 0 bridgehead atoms. The topological polar surface area (TPSA) is 251 Å². The number of carboxylic acid groups (broad SMARTS) is 6. The molecule has 0 amide bonds. The van der Waals surface area contributed by atoms with Crippen molar-refractivity contribution in [2.24, 2.45) is 0 Å². The summed E-state index contributed by atoms with van der Waals surface area (Å²) in [6, 6.07) is 0. The van der Waals surface area contributed by atoms with Crippen molar-refractivity contribution in [3.63, 3.8) is 0 Å². The number of rotatable bonds is 12. The van der Waals surface area contributed by atoms with Crippen LogP contribution in [0.2, 0.25) is 0 Å². The van der Waals surface area contributed by atoms with Gasteiger partial charge in [0.1, 0.15) is 39.6 Å². The summed E-state index contributed by atoms with van der Waals surface area (Å²) in [5.41, 5.74) is 0. The minimum Gasteiger partial charge on any atom is -0.480 e. The van der Waals surface area contributed by atoms with E-state index in [9.17, 15) is 28.8 Å². The molecule has 0 spiro atoms. The van der Waals surface area contributed by atoms with Gasteiger partial charge in [0.25, 0.3) is 0 Å². The molecular formula is C12H18EuO15. The Bertz CT molecular complexity index is 390. The molecule has 6 N–H and O–H groups in total. The fraction of sp³-hybridized carbons (Fsp3) is 0.500. The molecule has 0 aromatic heterocycles. The molecule has 0 unspecified atom stereocenters. The number of aliphatic carboxylic acids is 6. The van der Waals surface area contributed by atoms with E-state index in [4.69, 9.17) is 30.6 Å². The summed E-state index contributed by atoms with van der Waals surface area (Å²) in [6.45, 7) is -3.38. The van der Waals surface area contributed by atoms with Crippen LogP contribution < -0.4 is 0 Å². The van der Waals surface area contributed by atoms with Gasteiger partial charge in [-0.25, -0.2) is 28.8 Å². The van der Waals surface area contributed by atoms with Gasteiger partial charge in [0.05, 0.1) is 0 Å². The van der Waals surface area contributed by atoms with Crippen LogP contribution in [0.25, 0.3) is 0 Å². The molecular weight excluding hydrogens is 536 g/mol. The molecule has 163 valence electrons. The van der Waals surface area contributed by atoms with Crippen LogP contribution in [0, 0.1) is 49.4 Å². The van der Waals surface area contributed by atoms with Gasteiger partial charge < -0.3 is 44.8 Å². The van der Waals surface area contributed by atoms with Crippen molar-refractivity contribution in [1.29, 1.82) is 0 Å². The normalized spacial score (nSPS) is 8.57. The second-order valence-corrected chi connectivity index (χ2v) is 3.84. The van der Waals surface area contributed by atoms with Crippen molar-refractivity contribution in [2.75, 3.05) is 39.6 Å². The van der Waals surface area contributed by atoms with E-state index in [0.717, 1.165) is 0 Å². The molecule has 16 heteroatoms. The molecule has 0 atom stereocenters. The smallest absolute Gasteiger partial charge is 0.329 e. The van der Waals surface area contributed by atoms with Gasteiger partial charge in [0, 0.05) is 49.4 Å². The zero-order valence-electron chi connectivity index (χ0n) is 14.0. The molecule has 0 saturated carbocycles. The number of ether oxygens (including phenoxy) is 3. The summed E-state index contributed by atoms with van der Waals surface area (Å²) in [5, 5.41) is 47.5. The van der Waals surface area contributed by atoms with Crippen LogP contribution in [-0.2, 0) is 43.0 Å². The van der Waals surface area contributed by atoms with Crippen LogP contribution in [0.5, 0.6) is 0 Å². The Kier molecular flexibility index (Phi) is 28.2. The second-order valence-electron chi connectivity index (χ2n) is 3.84. The first-order valence-corrected chi connectivity index (χ1v) is 6.42. The maximum absolute atomic E-state index is 9.66. The Morgan fingerprint density at radius 1 is 0.393 bits per heavy atom. The minimum atomic E-state index is -1.17. The monoisotopic (exact) mass is 555 g/mol. The number of hydrogen-bond donors (Lipinski definition) is 6. The molecule has 0 fully saturated rings. The van der Waals surface area contributed by atoms with Gasteiger partial charge in [-0.15, -0.1) is 0 Å². The zero-order valence-corrected chi connectivity index (χ0v) is 16.4. The van der Waals surface area contributed by atoms with E-state index in [-0.39, 0.29) is 49.4 Å². The summed E-state index contributed by atoms with van der Waals surface area (Å²) in [4.78, 5) is 58.0. The summed E-state index contributed by atoms with van der Waals surface area (Å²) in [6.07, 6.45) is 0. The summed E-state index contributed by atoms with van der Waals surface area (Å²) >= 11 is 0. The zero-order chi connectivity index (χ0) is 21.8. The van der Waals surface area contributed by atoms with Gasteiger partial charge >= 0.3 is 35.8 Å². The number of carboxylic acids is 6. The second kappa shape index (κ2) is 23.3. The minimum absolute atomic E-state index is 0. The van der Waals surface area contributed by atoms with E-state index in [1.807, 2.05) is 0 Å². The molecule has 0 aromatic carbocycles. The van der Waals surface area contributed by atoms with Crippen molar-refractivity contribution < 1.29 is 123 Å². The van der Waals surface area contributed by atoms with Crippen LogP contribution in [0.15, 0.2) is 0 Å². The largest absolute Gasteiger partial charge is 0.480 e. The molecule has 0 rings (SSSR count). The van der Waals surface area contributed by atoms with E-state index in [0.29, 0.717) is 0 Å². The molecule has 0 aliphatic heterocycles. The van der Waals surface area contributed by atoms with Gasteiger partial charge in [0.15, 0.2) is 0 Å². The Morgan fingerprint density at radius 3 is 0.571 bits per heavy atom. The van der Waals surface area contributed by atoms with Crippen molar-refractivity contribution >= 4 is 35.8 Å². The van der Waals surface area contributed by atoms with E-state index in [2.05, 4.69) is 14.2 Å². The maximum atomic E-state index is 9.66. The molecule has 15 nitrogen and oxygen atoms in total. The third-order valence-corrected chi connectivity index (χ3v) is 1.35. The Balaban J connectivity index is -0.000000152. The molecule has 0 saturated heterocycles. The van der Waals surface area contributed by atoms with Crippen molar-refractivity contribution in [3.05, 3.63) is 0 Å². The summed E-state index contributed by atoms with van der Waals surface area (Å²) in [7, 11) is 0. The number of hydrogen-bond acceptors (Lipinski definition) is 9. The third kappa shape index (κ3) is 49.6. The molecule has 0 aliphatic rings. The predicted molar refractivity (Wildman–Crippen MR) is 78.3 cm³/mol. The quantitative estimate of drug-likeness (QED) is 0.146. The van der Waals surface area contributed by atoms with Crippen LogP contribution >= 0.6 is 0 Å². The SMILES string of the molecule is O=C(O)COCC(=O)O.O=C(O)COCC(=O)O.O=C(O)COCC(=O)O.[Eu]. The van der Waals surface area contributed by atoms with E-state index in [1.54, 1.807) is 0 Å². The van der Waals surface area contributed by atoms with Crippen LogP contribution in [-0.4, -0.2) is 106 Å². The van der Waals surface area contributed by atoms with Gasteiger partial charge in [-0.1, -0.05) is 0 Å². The van der Waals surface area contributed by atoms with Crippen molar-refractivity contribution in [2.45, 2.75) is 0 Å². The molecule has 0 aliphatic carbocycles. The Hall–Kier alpha value is -1.72. The fourth-order valence-electron chi connectivity index (χ4n) is 0.677. The molecule has 28 heavy (non-hydrogen) atoms. The maximum Gasteiger partial charge on any atom is 0.329 e. The molecule has 0 aromatic rings. The van der Waals surface area contributed by atoms with Gasteiger partial charge in [-0.05, 0) is 0 Å². The summed E-state index contributed by atoms with van der Waals surface area (Å²) in [5.74, 6) is -7.02. The number of carbonyl (C=O) groups is 6. The van der Waals surface area contributed by atoms with Crippen molar-refractivity contribution in [1.82, 2.24) is 0 Å². The first-order valence-electron chi connectivity index (χ1n) is 6.42. The van der Waals surface area contributed by atoms with Gasteiger partial charge in [-0.3, -0.25) is 0 Å².